The number of nitrogens with one attached hydrogen (secondary N) is 1. The van der Waals surface area contributed by atoms with Crippen LogP contribution in [0.2, 0.25) is 0 Å². The molecule has 29 heavy (non-hydrogen) atoms. The zero-order valence-electron chi connectivity index (χ0n) is 15.2. The number of hydrogen-bond donors (Lipinski definition) is 1. The average molecular weight is 405 g/mol. The van der Waals surface area contributed by atoms with E-state index < -0.39 is 0 Å². The van der Waals surface area contributed by atoms with Crippen molar-refractivity contribution in [2.45, 2.75) is 19.4 Å². The van der Waals surface area contributed by atoms with Crippen LogP contribution in [0.15, 0.2) is 48.5 Å². The molecule has 1 fully saturated rings. The lowest BCUT2D eigenvalue weighted by Crippen LogP contribution is -2.28. The molecule has 5 rings (SSSR count). The van der Waals surface area contributed by atoms with Gasteiger partial charge in [0.1, 0.15) is 12.4 Å². The van der Waals surface area contributed by atoms with Crippen molar-refractivity contribution < 1.29 is 19.1 Å². The zero-order chi connectivity index (χ0) is 20.0. The number of carbonyl (C=O) groups excluding carboxylic acids is 3. The lowest BCUT2D eigenvalue weighted by Gasteiger charge is -2.15. The third kappa shape index (κ3) is 3.07. The Labute approximate surface area is 169 Å². The number of hydrogen-bond acceptors (Lipinski definition) is 6. The molecule has 2 aromatic carbocycles. The quantitative estimate of drug-likeness (QED) is 0.673. The molecule has 1 saturated heterocycles. The standard InChI is InChI=1S/C21H15N3O4S/c25-17-9-10-18(26)24(17)13-7-5-12(6-8-13)20(27)23-21-22-19-14-3-1-2-4-15(14)28-11-16(19)29-21/h1-8H,9-11H2,(H,22,23,27). The summed E-state index contributed by atoms with van der Waals surface area (Å²) in [6, 6.07) is 14.1. The molecule has 3 heterocycles. The first-order valence-corrected chi connectivity index (χ1v) is 9.91. The topological polar surface area (TPSA) is 88.6 Å². The van der Waals surface area contributed by atoms with Gasteiger partial charge in [0.25, 0.3) is 5.91 Å². The Hall–Kier alpha value is -3.52. The van der Waals surface area contributed by atoms with Crippen molar-refractivity contribution in [1.82, 2.24) is 4.98 Å². The van der Waals surface area contributed by atoms with Crippen LogP contribution in [0.4, 0.5) is 10.8 Å². The van der Waals surface area contributed by atoms with E-state index in [0.717, 1.165) is 26.8 Å². The van der Waals surface area contributed by atoms with E-state index in [-0.39, 0.29) is 30.6 Å². The van der Waals surface area contributed by atoms with E-state index in [4.69, 9.17) is 4.74 Å². The molecule has 3 amide bonds. The molecule has 2 aliphatic heterocycles. The van der Waals surface area contributed by atoms with E-state index >= 15 is 0 Å². The number of fused-ring (bicyclic) bond motifs is 3. The third-order valence-corrected chi connectivity index (χ3v) is 5.80. The van der Waals surface area contributed by atoms with Crippen molar-refractivity contribution in [3.05, 3.63) is 59.0 Å². The van der Waals surface area contributed by atoms with Crippen LogP contribution >= 0.6 is 11.3 Å². The zero-order valence-corrected chi connectivity index (χ0v) is 16.0. The summed E-state index contributed by atoms with van der Waals surface area (Å²) in [6.07, 6.45) is 0.450. The summed E-state index contributed by atoms with van der Waals surface area (Å²) in [6.45, 7) is 0.423. The highest BCUT2D eigenvalue weighted by Gasteiger charge is 2.30. The number of nitrogens with zero attached hydrogens (tertiary/aromatic N) is 2. The van der Waals surface area contributed by atoms with Crippen LogP contribution < -0.4 is 15.0 Å². The fraction of sp³-hybridized carbons (Fsp3) is 0.143. The Morgan fingerprint density at radius 2 is 1.76 bits per heavy atom. The molecule has 8 heteroatoms. The van der Waals surface area contributed by atoms with Gasteiger partial charge in [-0.1, -0.05) is 23.5 Å². The minimum absolute atomic E-state index is 0.219. The van der Waals surface area contributed by atoms with Crippen LogP contribution in [-0.2, 0) is 16.2 Å². The number of para-hydroxylation sites is 1. The summed E-state index contributed by atoms with van der Waals surface area (Å²) in [5.74, 6) is 0.0341. The molecule has 0 saturated carbocycles. The first-order chi connectivity index (χ1) is 14.1. The number of benzene rings is 2. The van der Waals surface area contributed by atoms with Gasteiger partial charge >= 0.3 is 0 Å². The van der Waals surface area contributed by atoms with Crippen molar-refractivity contribution in [2.24, 2.45) is 0 Å². The number of imide groups is 1. The number of thiazole rings is 1. The van der Waals surface area contributed by atoms with Crippen molar-refractivity contribution in [3.8, 4) is 17.0 Å². The van der Waals surface area contributed by atoms with Gasteiger partial charge in [-0.25, -0.2) is 4.98 Å². The average Bonchev–Trinajstić information content (AvgIpc) is 3.30. The molecule has 3 aromatic rings. The minimum Gasteiger partial charge on any atom is -0.487 e. The van der Waals surface area contributed by atoms with Gasteiger partial charge in [0.2, 0.25) is 11.8 Å². The van der Waals surface area contributed by atoms with Gasteiger partial charge in [-0.3, -0.25) is 24.6 Å². The van der Waals surface area contributed by atoms with E-state index in [0.29, 0.717) is 23.0 Å². The van der Waals surface area contributed by atoms with Gasteiger partial charge in [-0.2, -0.15) is 0 Å². The molecule has 1 N–H and O–H groups in total. The van der Waals surface area contributed by atoms with Crippen molar-refractivity contribution in [3.63, 3.8) is 0 Å². The van der Waals surface area contributed by atoms with Gasteiger partial charge < -0.3 is 4.74 Å². The molecule has 0 bridgehead atoms. The number of rotatable bonds is 3. The first-order valence-electron chi connectivity index (χ1n) is 9.09. The Morgan fingerprint density at radius 1 is 1.03 bits per heavy atom. The number of amides is 3. The molecule has 0 aliphatic carbocycles. The number of aromatic nitrogens is 1. The van der Waals surface area contributed by atoms with Gasteiger partial charge in [0.05, 0.1) is 16.3 Å². The summed E-state index contributed by atoms with van der Waals surface area (Å²) in [5, 5.41) is 3.31. The highest BCUT2D eigenvalue weighted by molar-refractivity contribution is 7.16. The van der Waals surface area contributed by atoms with Crippen molar-refractivity contribution >= 4 is 39.9 Å². The Morgan fingerprint density at radius 3 is 2.52 bits per heavy atom. The highest BCUT2D eigenvalue weighted by Crippen LogP contribution is 2.40. The normalized spacial score (nSPS) is 15.0. The maximum Gasteiger partial charge on any atom is 0.257 e. The molecule has 0 spiro atoms. The van der Waals surface area contributed by atoms with Crippen LogP contribution in [-0.4, -0.2) is 22.7 Å². The number of ether oxygens (including phenoxy) is 1. The van der Waals surface area contributed by atoms with E-state index in [2.05, 4.69) is 10.3 Å². The van der Waals surface area contributed by atoms with Crippen LogP contribution in [0.3, 0.4) is 0 Å². The van der Waals surface area contributed by atoms with E-state index in [1.54, 1.807) is 24.3 Å². The van der Waals surface area contributed by atoms with Gasteiger partial charge in [-0.05, 0) is 36.4 Å². The molecule has 0 radical (unpaired) electrons. The fourth-order valence-electron chi connectivity index (χ4n) is 3.44. The predicted octanol–water partition coefficient (Wildman–Crippen LogP) is 3.61. The molecule has 2 aliphatic rings. The van der Waals surface area contributed by atoms with E-state index in [1.165, 1.54) is 11.3 Å². The lowest BCUT2D eigenvalue weighted by atomic mass is 10.1. The number of carbonyl (C=O) groups is 3. The Bertz CT molecular complexity index is 1140. The third-order valence-electron chi connectivity index (χ3n) is 4.86. The van der Waals surface area contributed by atoms with Crippen LogP contribution in [0.5, 0.6) is 5.75 Å². The Kier molecular flexibility index (Phi) is 4.13. The molecule has 144 valence electrons. The SMILES string of the molecule is O=C(Nc1nc2c(s1)COc1ccccc1-2)c1ccc(N2C(=O)CCC2=O)cc1. The largest absolute Gasteiger partial charge is 0.487 e. The summed E-state index contributed by atoms with van der Waals surface area (Å²) < 4.78 is 5.73. The summed E-state index contributed by atoms with van der Waals surface area (Å²) in [4.78, 5) is 43.0. The molecule has 1 aromatic heterocycles. The Balaban J connectivity index is 1.35. The second kappa shape index (κ2) is 6.82. The molecule has 0 unspecified atom stereocenters. The number of anilines is 2. The monoisotopic (exact) mass is 405 g/mol. The van der Waals surface area contributed by atoms with Crippen LogP contribution in [0.1, 0.15) is 28.1 Å². The molecular weight excluding hydrogens is 390 g/mol. The smallest absolute Gasteiger partial charge is 0.257 e. The van der Waals surface area contributed by atoms with Crippen LogP contribution in [0, 0.1) is 0 Å². The maximum absolute atomic E-state index is 12.6. The minimum atomic E-state index is -0.309. The van der Waals surface area contributed by atoms with Crippen LogP contribution in [0.25, 0.3) is 11.3 Å². The summed E-state index contributed by atoms with van der Waals surface area (Å²) >= 11 is 1.38. The second-order valence-corrected chi connectivity index (χ2v) is 7.78. The maximum atomic E-state index is 12.6. The van der Waals surface area contributed by atoms with E-state index in [1.807, 2.05) is 24.3 Å². The lowest BCUT2D eigenvalue weighted by molar-refractivity contribution is -0.121. The predicted molar refractivity (Wildman–Crippen MR) is 108 cm³/mol. The molecular formula is C21H15N3O4S. The molecule has 0 atom stereocenters. The summed E-state index contributed by atoms with van der Waals surface area (Å²) in [7, 11) is 0. The first kappa shape index (κ1) is 17.6. The van der Waals surface area contributed by atoms with E-state index in [9.17, 15) is 14.4 Å². The van der Waals surface area contributed by atoms with Gasteiger partial charge in [0, 0.05) is 24.0 Å². The molecule has 7 nitrogen and oxygen atoms in total. The van der Waals surface area contributed by atoms with Crippen molar-refractivity contribution in [1.29, 1.82) is 0 Å². The highest BCUT2D eigenvalue weighted by atomic mass is 32.1. The fourth-order valence-corrected chi connectivity index (χ4v) is 4.32. The van der Waals surface area contributed by atoms with Crippen molar-refractivity contribution in [2.75, 3.05) is 10.2 Å². The van der Waals surface area contributed by atoms with Gasteiger partial charge in [0.15, 0.2) is 5.13 Å². The van der Waals surface area contributed by atoms with Gasteiger partial charge in [-0.15, -0.1) is 0 Å². The summed E-state index contributed by atoms with van der Waals surface area (Å²) in [5.41, 5.74) is 2.63. The second-order valence-electron chi connectivity index (χ2n) is 6.70.